The number of anilines is 1. The molecule has 2 N–H and O–H groups in total. The highest BCUT2D eigenvalue weighted by molar-refractivity contribution is 7.98. The molecule has 0 fully saturated rings. The number of nitrogen functional groups attached to an aromatic ring is 1. The summed E-state index contributed by atoms with van der Waals surface area (Å²) in [5, 5.41) is 0.653. The van der Waals surface area contributed by atoms with E-state index in [0.29, 0.717) is 23.5 Å². The maximum atomic E-state index is 5.62. The van der Waals surface area contributed by atoms with Crippen LogP contribution in [0.4, 0.5) is 5.82 Å². The van der Waals surface area contributed by atoms with Crippen LogP contribution in [0, 0.1) is 0 Å². The van der Waals surface area contributed by atoms with Crippen LogP contribution in [0.15, 0.2) is 11.2 Å². The Balaban J connectivity index is 2.49. The van der Waals surface area contributed by atoms with Gasteiger partial charge in [0.25, 0.3) is 0 Å². The van der Waals surface area contributed by atoms with Gasteiger partial charge in [-0.1, -0.05) is 31.5 Å². The van der Waals surface area contributed by atoms with Crippen molar-refractivity contribution in [2.45, 2.75) is 31.3 Å². The summed E-state index contributed by atoms with van der Waals surface area (Å²) in [6.07, 6.45) is 5.33. The average Bonchev–Trinajstić information content (AvgIpc) is 2.23. The molecule has 0 bridgehead atoms. The van der Waals surface area contributed by atoms with Crippen LogP contribution in [0.3, 0.4) is 0 Å². The second-order valence-corrected chi connectivity index (χ2v) is 3.95. The number of hydrogen-bond acceptors (Lipinski definition) is 5. The number of nitrogens with zero attached hydrogens (tertiary/aromatic N) is 2. The van der Waals surface area contributed by atoms with Crippen molar-refractivity contribution < 1.29 is 4.74 Å². The number of nitrogens with two attached hydrogens (primary N) is 1. The van der Waals surface area contributed by atoms with Gasteiger partial charge in [0.1, 0.15) is 5.82 Å². The minimum Gasteiger partial charge on any atom is -0.478 e. The second kappa shape index (κ2) is 6.50. The zero-order valence-corrected chi connectivity index (χ0v) is 10.0. The van der Waals surface area contributed by atoms with Crippen molar-refractivity contribution in [1.29, 1.82) is 0 Å². The van der Waals surface area contributed by atoms with E-state index in [-0.39, 0.29) is 0 Å². The summed E-state index contributed by atoms with van der Waals surface area (Å²) in [5.74, 6) is 1.03. The molecule has 4 nitrogen and oxygen atoms in total. The quantitative estimate of drug-likeness (QED) is 0.459. The summed E-state index contributed by atoms with van der Waals surface area (Å²) < 4.78 is 5.49. The van der Waals surface area contributed by atoms with Gasteiger partial charge in [-0.25, -0.2) is 4.98 Å². The summed E-state index contributed by atoms with van der Waals surface area (Å²) in [4.78, 5) is 8.25. The summed E-state index contributed by atoms with van der Waals surface area (Å²) in [6.45, 7) is 2.85. The lowest BCUT2D eigenvalue weighted by atomic mass is 10.3. The Morgan fingerprint density at radius 1 is 1.40 bits per heavy atom. The minimum absolute atomic E-state index is 0.458. The van der Waals surface area contributed by atoms with Crippen LogP contribution in [0.25, 0.3) is 0 Å². The van der Waals surface area contributed by atoms with Gasteiger partial charge in [-0.15, -0.1) is 0 Å². The molecule has 1 heterocycles. The van der Waals surface area contributed by atoms with Gasteiger partial charge in [0.05, 0.1) is 6.61 Å². The highest BCUT2D eigenvalue weighted by atomic mass is 32.2. The molecule has 5 heteroatoms. The average molecular weight is 227 g/mol. The van der Waals surface area contributed by atoms with Gasteiger partial charge in [0.2, 0.25) is 5.88 Å². The lowest BCUT2D eigenvalue weighted by Crippen LogP contribution is -2.02. The van der Waals surface area contributed by atoms with Crippen LogP contribution < -0.4 is 10.5 Å². The first-order chi connectivity index (χ1) is 7.26. The molecule has 0 atom stereocenters. The van der Waals surface area contributed by atoms with Crippen molar-refractivity contribution >= 4 is 17.6 Å². The van der Waals surface area contributed by atoms with Crippen molar-refractivity contribution in [3.8, 4) is 5.88 Å². The molecule has 0 unspecified atom stereocenters. The van der Waals surface area contributed by atoms with Crippen LogP contribution in [-0.4, -0.2) is 22.8 Å². The number of unbranched alkanes of at least 4 members (excludes halogenated alkanes) is 2. The summed E-state index contributed by atoms with van der Waals surface area (Å²) in [7, 11) is 0. The van der Waals surface area contributed by atoms with Crippen molar-refractivity contribution in [3.05, 3.63) is 6.07 Å². The van der Waals surface area contributed by atoms with Gasteiger partial charge >= 0.3 is 0 Å². The maximum Gasteiger partial charge on any atom is 0.219 e. The number of thioether (sulfide) groups is 1. The Labute approximate surface area is 94.6 Å². The fourth-order valence-electron chi connectivity index (χ4n) is 1.11. The van der Waals surface area contributed by atoms with E-state index >= 15 is 0 Å². The Bertz CT molecular complexity index is 307. The molecule has 0 spiro atoms. The van der Waals surface area contributed by atoms with Crippen LogP contribution in [-0.2, 0) is 0 Å². The van der Waals surface area contributed by atoms with Gasteiger partial charge in [-0.05, 0) is 12.7 Å². The first kappa shape index (κ1) is 12.1. The van der Waals surface area contributed by atoms with Crippen LogP contribution in [0.5, 0.6) is 5.88 Å². The highest BCUT2D eigenvalue weighted by Gasteiger charge is 2.02. The van der Waals surface area contributed by atoms with Crippen molar-refractivity contribution in [2.75, 3.05) is 18.6 Å². The number of ether oxygens (including phenoxy) is 1. The first-order valence-electron chi connectivity index (χ1n) is 5.07. The smallest absolute Gasteiger partial charge is 0.219 e. The summed E-state index contributed by atoms with van der Waals surface area (Å²) >= 11 is 1.46. The SMILES string of the molecule is CCCCCOc1cc(N)nc(SC)n1. The number of hydrogen-bond donors (Lipinski definition) is 1. The lowest BCUT2D eigenvalue weighted by molar-refractivity contribution is 0.292. The normalized spacial score (nSPS) is 10.3. The third kappa shape index (κ3) is 4.38. The van der Waals surface area contributed by atoms with E-state index in [2.05, 4.69) is 16.9 Å². The zero-order chi connectivity index (χ0) is 11.1. The van der Waals surface area contributed by atoms with E-state index < -0.39 is 0 Å². The monoisotopic (exact) mass is 227 g/mol. The second-order valence-electron chi connectivity index (χ2n) is 3.17. The van der Waals surface area contributed by atoms with Crippen LogP contribution in [0.2, 0.25) is 0 Å². The van der Waals surface area contributed by atoms with E-state index in [9.17, 15) is 0 Å². The molecule has 15 heavy (non-hydrogen) atoms. The molecule has 0 aromatic carbocycles. The Morgan fingerprint density at radius 3 is 2.87 bits per heavy atom. The minimum atomic E-state index is 0.458. The van der Waals surface area contributed by atoms with Crippen molar-refractivity contribution in [3.63, 3.8) is 0 Å². The first-order valence-corrected chi connectivity index (χ1v) is 6.30. The van der Waals surface area contributed by atoms with E-state index in [1.807, 2.05) is 6.26 Å². The topological polar surface area (TPSA) is 61.0 Å². The third-order valence-corrected chi connectivity index (χ3v) is 2.43. The maximum absolute atomic E-state index is 5.62. The van der Waals surface area contributed by atoms with Gasteiger partial charge in [0, 0.05) is 6.07 Å². The Kier molecular flexibility index (Phi) is 5.25. The fraction of sp³-hybridized carbons (Fsp3) is 0.600. The predicted molar refractivity (Wildman–Crippen MR) is 63.2 cm³/mol. The molecule has 0 aliphatic rings. The highest BCUT2D eigenvalue weighted by Crippen LogP contribution is 2.17. The molecule has 1 rings (SSSR count). The molecular weight excluding hydrogens is 210 g/mol. The molecule has 0 aliphatic carbocycles. The fourth-order valence-corrected chi connectivity index (χ4v) is 1.49. The largest absolute Gasteiger partial charge is 0.478 e. The standard InChI is InChI=1S/C10H17N3OS/c1-3-4-5-6-14-9-7-8(11)12-10(13-9)15-2/h7H,3-6H2,1-2H3,(H2,11,12,13). The zero-order valence-electron chi connectivity index (χ0n) is 9.19. The molecule has 1 aromatic rings. The molecule has 84 valence electrons. The predicted octanol–water partition coefficient (Wildman–Crippen LogP) is 2.35. The van der Waals surface area contributed by atoms with Gasteiger partial charge in [-0.3, -0.25) is 0 Å². The summed E-state index contributed by atoms with van der Waals surface area (Å²) in [6, 6.07) is 1.66. The van der Waals surface area contributed by atoms with E-state index in [1.165, 1.54) is 24.6 Å². The van der Waals surface area contributed by atoms with Crippen LogP contribution in [0.1, 0.15) is 26.2 Å². The van der Waals surface area contributed by atoms with Crippen LogP contribution >= 0.6 is 11.8 Å². The molecule has 0 saturated heterocycles. The molecule has 0 amide bonds. The van der Waals surface area contributed by atoms with Gasteiger partial charge < -0.3 is 10.5 Å². The molecule has 1 aromatic heterocycles. The molecular formula is C10H17N3OS. The molecule has 0 radical (unpaired) electrons. The van der Waals surface area contributed by atoms with E-state index in [1.54, 1.807) is 6.07 Å². The number of aromatic nitrogens is 2. The van der Waals surface area contributed by atoms with E-state index in [0.717, 1.165) is 6.42 Å². The number of rotatable bonds is 6. The van der Waals surface area contributed by atoms with Gasteiger partial charge in [-0.2, -0.15) is 4.98 Å². The van der Waals surface area contributed by atoms with Crippen molar-refractivity contribution in [2.24, 2.45) is 0 Å². The van der Waals surface area contributed by atoms with E-state index in [4.69, 9.17) is 10.5 Å². The molecule has 0 saturated carbocycles. The van der Waals surface area contributed by atoms with Gasteiger partial charge in [0.15, 0.2) is 5.16 Å². The molecule has 0 aliphatic heterocycles. The Hall–Kier alpha value is -0.970. The Morgan fingerprint density at radius 2 is 2.20 bits per heavy atom. The summed E-state index contributed by atoms with van der Waals surface area (Å²) in [5.41, 5.74) is 5.62. The van der Waals surface area contributed by atoms with Crippen molar-refractivity contribution in [1.82, 2.24) is 9.97 Å². The third-order valence-electron chi connectivity index (χ3n) is 1.88. The lowest BCUT2D eigenvalue weighted by Gasteiger charge is -2.06.